The summed E-state index contributed by atoms with van der Waals surface area (Å²) in [6.45, 7) is 0. The summed E-state index contributed by atoms with van der Waals surface area (Å²) in [5.74, 6) is -3.52. The molecule has 30 heavy (non-hydrogen) atoms. The van der Waals surface area contributed by atoms with Crippen molar-refractivity contribution in [2.45, 2.75) is 5.92 Å². The number of hydrogen-bond donors (Lipinski definition) is 3. The monoisotopic (exact) mass is 420 g/mol. The van der Waals surface area contributed by atoms with Gasteiger partial charge in [-0.2, -0.15) is 0 Å². The van der Waals surface area contributed by atoms with E-state index in [-0.39, 0.29) is 16.4 Å². The van der Waals surface area contributed by atoms with Gasteiger partial charge in [0.1, 0.15) is 5.92 Å². The van der Waals surface area contributed by atoms with E-state index >= 15 is 0 Å². The molecule has 0 radical (unpaired) electrons. The van der Waals surface area contributed by atoms with Gasteiger partial charge in [0.05, 0.1) is 4.92 Å². The van der Waals surface area contributed by atoms with Gasteiger partial charge in [0.25, 0.3) is 5.69 Å². The number of nitrogens with one attached hydrogen (secondary N) is 2. The number of carbonyl (C=O) groups is 2. The maximum absolute atomic E-state index is 13.0. The molecule has 0 saturated carbocycles. The van der Waals surface area contributed by atoms with Gasteiger partial charge in [-0.05, 0) is 34.6 Å². The second kappa shape index (κ2) is 7.53. The maximum atomic E-state index is 13.0. The lowest BCUT2D eigenvalue weighted by Gasteiger charge is -2.33. The highest BCUT2D eigenvalue weighted by atomic mass is 32.1. The molecule has 0 spiro atoms. The predicted molar refractivity (Wildman–Crippen MR) is 116 cm³/mol. The van der Waals surface area contributed by atoms with Crippen LogP contribution < -0.4 is 16.4 Å². The Morgan fingerprint density at radius 1 is 1.10 bits per heavy atom. The standard InChI is InChI=1S/C21H16N4O4S/c22-21(30)24-20(27)18-17(13-7-3-4-8-15(13)25(28)29)16-12-6-2-1-5-11(12)9-10-14(16)23-19(18)26/h1-10,17-18H,(H,23,26)(H3,22,24,27,30). The molecular weight excluding hydrogens is 404 g/mol. The first-order chi connectivity index (χ1) is 14.4. The highest BCUT2D eigenvalue weighted by Gasteiger charge is 2.44. The molecule has 3 aromatic rings. The molecule has 0 bridgehead atoms. The summed E-state index contributed by atoms with van der Waals surface area (Å²) in [5.41, 5.74) is 6.67. The van der Waals surface area contributed by atoms with Gasteiger partial charge in [-0.15, -0.1) is 0 Å². The van der Waals surface area contributed by atoms with Gasteiger partial charge in [-0.25, -0.2) is 0 Å². The molecule has 9 heteroatoms. The number of nitrogens with two attached hydrogens (primary N) is 1. The highest BCUT2D eigenvalue weighted by Crippen LogP contribution is 2.46. The Kier molecular flexibility index (Phi) is 4.88. The average Bonchev–Trinajstić information content (AvgIpc) is 2.71. The number of benzene rings is 3. The molecule has 4 N–H and O–H groups in total. The summed E-state index contributed by atoms with van der Waals surface area (Å²) >= 11 is 4.76. The van der Waals surface area contributed by atoms with Gasteiger partial charge < -0.3 is 16.4 Å². The van der Waals surface area contributed by atoms with Gasteiger partial charge in [0.2, 0.25) is 11.8 Å². The Balaban J connectivity index is 2.04. The first-order valence-electron chi connectivity index (χ1n) is 9.04. The fraction of sp³-hybridized carbons (Fsp3) is 0.0952. The number of nitro benzene ring substituents is 1. The number of rotatable bonds is 3. The van der Waals surface area contributed by atoms with Crippen LogP contribution in [0, 0.1) is 16.0 Å². The van der Waals surface area contributed by atoms with Crippen LogP contribution in [0.5, 0.6) is 0 Å². The topological polar surface area (TPSA) is 127 Å². The molecule has 2 atom stereocenters. The van der Waals surface area contributed by atoms with E-state index in [1.807, 2.05) is 30.3 Å². The summed E-state index contributed by atoms with van der Waals surface area (Å²) in [6, 6.07) is 17.1. The molecule has 4 rings (SSSR count). The van der Waals surface area contributed by atoms with Crippen LogP contribution in [-0.4, -0.2) is 21.9 Å². The molecule has 3 aromatic carbocycles. The van der Waals surface area contributed by atoms with Crippen LogP contribution >= 0.6 is 12.2 Å². The van der Waals surface area contributed by atoms with Gasteiger partial charge in [0, 0.05) is 23.2 Å². The largest absolute Gasteiger partial charge is 0.376 e. The Morgan fingerprint density at radius 3 is 2.53 bits per heavy atom. The molecule has 0 aromatic heterocycles. The van der Waals surface area contributed by atoms with Crippen molar-refractivity contribution in [3.05, 3.63) is 81.9 Å². The summed E-state index contributed by atoms with van der Waals surface area (Å²) in [7, 11) is 0. The molecule has 1 heterocycles. The smallest absolute Gasteiger partial charge is 0.273 e. The van der Waals surface area contributed by atoms with Crippen molar-refractivity contribution in [3.63, 3.8) is 0 Å². The van der Waals surface area contributed by atoms with Crippen molar-refractivity contribution in [3.8, 4) is 0 Å². The fourth-order valence-corrected chi connectivity index (χ4v) is 4.09. The van der Waals surface area contributed by atoms with E-state index in [0.29, 0.717) is 11.3 Å². The van der Waals surface area contributed by atoms with Gasteiger partial charge in [-0.3, -0.25) is 19.7 Å². The Labute approximate surface area is 176 Å². The lowest BCUT2D eigenvalue weighted by molar-refractivity contribution is -0.385. The first-order valence-corrected chi connectivity index (χ1v) is 9.45. The Hall–Kier alpha value is -3.85. The summed E-state index contributed by atoms with van der Waals surface area (Å²) < 4.78 is 0. The van der Waals surface area contributed by atoms with Crippen LogP contribution in [-0.2, 0) is 9.59 Å². The quantitative estimate of drug-likeness (QED) is 0.259. The predicted octanol–water partition coefficient (Wildman–Crippen LogP) is 2.81. The molecule has 0 aliphatic carbocycles. The van der Waals surface area contributed by atoms with E-state index in [9.17, 15) is 19.7 Å². The SMILES string of the molecule is NC(=S)NC(=O)C1C(=O)Nc2ccc3ccccc3c2C1c1ccccc1[N+](=O)[O-]. The van der Waals surface area contributed by atoms with Crippen molar-refractivity contribution >= 4 is 51.3 Å². The molecular formula is C21H16N4O4S. The Bertz CT molecular complexity index is 1230. The van der Waals surface area contributed by atoms with Crippen molar-refractivity contribution in [2.75, 3.05) is 5.32 Å². The van der Waals surface area contributed by atoms with E-state index in [2.05, 4.69) is 10.6 Å². The van der Waals surface area contributed by atoms with Crippen LogP contribution in [0.15, 0.2) is 60.7 Å². The zero-order valence-electron chi connectivity index (χ0n) is 15.5. The number of carbonyl (C=O) groups excluding carboxylic acids is 2. The third-order valence-electron chi connectivity index (χ3n) is 5.15. The van der Waals surface area contributed by atoms with Crippen molar-refractivity contribution in [1.82, 2.24) is 5.32 Å². The van der Waals surface area contributed by atoms with Gasteiger partial charge in [-0.1, -0.05) is 48.5 Å². The lowest BCUT2D eigenvalue weighted by atomic mass is 9.74. The fourth-order valence-electron chi connectivity index (χ4n) is 3.99. The number of fused-ring (bicyclic) bond motifs is 3. The van der Waals surface area contributed by atoms with Crippen LogP contribution in [0.2, 0.25) is 0 Å². The third-order valence-corrected chi connectivity index (χ3v) is 5.25. The van der Waals surface area contributed by atoms with E-state index in [0.717, 1.165) is 10.8 Å². The molecule has 150 valence electrons. The molecule has 0 fully saturated rings. The molecule has 8 nitrogen and oxygen atoms in total. The minimum Gasteiger partial charge on any atom is -0.376 e. The Morgan fingerprint density at radius 2 is 1.80 bits per heavy atom. The molecule has 2 amide bonds. The summed E-state index contributed by atoms with van der Waals surface area (Å²) in [5, 5.41) is 18.2. The third kappa shape index (κ3) is 3.25. The minimum absolute atomic E-state index is 0.177. The lowest BCUT2D eigenvalue weighted by Crippen LogP contribution is -2.47. The molecule has 0 saturated heterocycles. The van der Waals surface area contributed by atoms with E-state index < -0.39 is 28.6 Å². The van der Waals surface area contributed by atoms with Crippen LogP contribution in [0.4, 0.5) is 11.4 Å². The summed E-state index contributed by atoms with van der Waals surface area (Å²) in [4.78, 5) is 37.1. The van der Waals surface area contributed by atoms with Gasteiger partial charge in [0.15, 0.2) is 5.11 Å². The zero-order valence-corrected chi connectivity index (χ0v) is 16.3. The van der Waals surface area contributed by atoms with Crippen LogP contribution in [0.25, 0.3) is 10.8 Å². The van der Waals surface area contributed by atoms with E-state index in [4.69, 9.17) is 18.0 Å². The number of anilines is 1. The number of thiocarbonyl (C=S) groups is 1. The number of hydrogen-bond acceptors (Lipinski definition) is 5. The number of nitro groups is 1. The first kappa shape index (κ1) is 19.5. The number of nitrogens with zero attached hydrogens (tertiary/aromatic N) is 1. The van der Waals surface area contributed by atoms with Crippen molar-refractivity contribution < 1.29 is 14.5 Å². The molecule has 1 aliphatic heterocycles. The second-order valence-corrected chi connectivity index (χ2v) is 7.30. The van der Waals surface area contributed by atoms with E-state index in [1.54, 1.807) is 24.3 Å². The van der Waals surface area contributed by atoms with Gasteiger partial charge >= 0.3 is 0 Å². The van der Waals surface area contributed by atoms with Crippen LogP contribution in [0.1, 0.15) is 17.0 Å². The minimum atomic E-state index is -1.30. The van der Waals surface area contributed by atoms with Crippen molar-refractivity contribution in [2.24, 2.45) is 11.7 Å². The number of para-hydroxylation sites is 1. The van der Waals surface area contributed by atoms with E-state index in [1.165, 1.54) is 6.07 Å². The maximum Gasteiger partial charge on any atom is 0.273 e. The van der Waals surface area contributed by atoms with Crippen molar-refractivity contribution in [1.29, 1.82) is 0 Å². The highest BCUT2D eigenvalue weighted by molar-refractivity contribution is 7.80. The zero-order chi connectivity index (χ0) is 21.4. The average molecular weight is 420 g/mol. The summed E-state index contributed by atoms with van der Waals surface area (Å²) in [6.07, 6.45) is 0. The van der Waals surface area contributed by atoms with Crippen LogP contribution in [0.3, 0.4) is 0 Å². The molecule has 2 unspecified atom stereocenters. The second-order valence-electron chi connectivity index (χ2n) is 6.86. The molecule has 1 aliphatic rings. The number of amides is 2. The normalized spacial score (nSPS) is 17.7.